The molecule has 18 heavy (non-hydrogen) atoms. The number of allylic oxidation sites excluding steroid dienone is 2. The molecule has 1 aliphatic carbocycles. The lowest BCUT2D eigenvalue weighted by molar-refractivity contribution is 0.125. The van der Waals surface area contributed by atoms with Gasteiger partial charge in [-0.25, -0.2) is 0 Å². The van der Waals surface area contributed by atoms with Crippen molar-refractivity contribution in [2.45, 2.75) is 77.6 Å². The van der Waals surface area contributed by atoms with E-state index in [1.807, 2.05) is 0 Å². The van der Waals surface area contributed by atoms with Gasteiger partial charge in [0.15, 0.2) is 0 Å². The SMILES string of the molecule is CC=CCCCCOCCCCC1CCCCC1. The van der Waals surface area contributed by atoms with E-state index in [1.54, 1.807) is 0 Å². The van der Waals surface area contributed by atoms with Crippen LogP contribution in [0.5, 0.6) is 0 Å². The zero-order chi connectivity index (χ0) is 12.9. The molecular weight excluding hydrogens is 220 g/mol. The van der Waals surface area contributed by atoms with E-state index in [0.29, 0.717) is 0 Å². The Morgan fingerprint density at radius 2 is 1.67 bits per heavy atom. The highest BCUT2D eigenvalue weighted by Crippen LogP contribution is 2.27. The van der Waals surface area contributed by atoms with Crippen LogP contribution in [0.15, 0.2) is 12.2 Å². The van der Waals surface area contributed by atoms with Crippen molar-refractivity contribution < 1.29 is 4.74 Å². The second-order valence-electron chi connectivity index (χ2n) is 5.68. The molecule has 0 atom stereocenters. The molecule has 1 fully saturated rings. The van der Waals surface area contributed by atoms with Crippen molar-refractivity contribution in [2.24, 2.45) is 5.92 Å². The van der Waals surface area contributed by atoms with Gasteiger partial charge in [0.25, 0.3) is 0 Å². The maximum absolute atomic E-state index is 5.68. The van der Waals surface area contributed by atoms with Gasteiger partial charge < -0.3 is 4.74 Å². The van der Waals surface area contributed by atoms with Gasteiger partial charge in [0.1, 0.15) is 0 Å². The van der Waals surface area contributed by atoms with Gasteiger partial charge in [0.05, 0.1) is 0 Å². The third kappa shape index (κ3) is 8.74. The molecule has 106 valence electrons. The lowest BCUT2D eigenvalue weighted by atomic mass is 9.86. The molecule has 1 nitrogen and oxygen atoms in total. The lowest BCUT2D eigenvalue weighted by Gasteiger charge is -2.21. The minimum Gasteiger partial charge on any atom is -0.381 e. The van der Waals surface area contributed by atoms with E-state index in [2.05, 4.69) is 19.1 Å². The summed E-state index contributed by atoms with van der Waals surface area (Å²) in [5.41, 5.74) is 0. The van der Waals surface area contributed by atoms with Crippen LogP contribution < -0.4 is 0 Å². The average molecular weight is 252 g/mol. The van der Waals surface area contributed by atoms with Crippen molar-refractivity contribution in [3.05, 3.63) is 12.2 Å². The maximum atomic E-state index is 5.68. The summed E-state index contributed by atoms with van der Waals surface area (Å²) in [6, 6.07) is 0. The highest BCUT2D eigenvalue weighted by molar-refractivity contribution is 4.76. The summed E-state index contributed by atoms with van der Waals surface area (Å²) in [6.45, 7) is 4.03. The third-order valence-corrected chi connectivity index (χ3v) is 4.02. The van der Waals surface area contributed by atoms with Crippen LogP contribution >= 0.6 is 0 Å². The smallest absolute Gasteiger partial charge is 0.0466 e. The van der Waals surface area contributed by atoms with E-state index in [9.17, 15) is 0 Å². The van der Waals surface area contributed by atoms with Crippen molar-refractivity contribution in [1.29, 1.82) is 0 Å². The van der Waals surface area contributed by atoms with Crippen molar-refractivity contribution in [3.63, 3.8) is 0 Å². The molecule has 1 saturated carbocycles. The fourth-order valence-electron chi connectivity index (χ4n) is 2.85. The van der Waals surface area contributed by atoms with Crippen molar-refractivity contribution in [3.8, 4) is 0 Å². The molecule has 0 saturated heterocycles. The van der Waals surface area contributed by atoms with Crippen LogP contribution in [0, 0.1) is 5.92 Å². The normalized spacial score (nSPS) is 17.6. The van der Waals surface area contributed by atoms with Gasteiger partial charge in [-0.3, -0.25) is 0 Å². The molecular formula is C17H32O. The predicted octanol–water partition coefficient (Wildman–Crippen LogP) is 5.50. The molecule has 1 heteroatoms. The lowest BCUT2D eigenvalue weighted by Crippen LogP contribution is -2.06. The van der Waals surface area contributed by atoms with Crippen molar-refractivity contribution in [1.82, 2.24) is 0 Å². The molecule has 0 spiro atoms. The largest absolute Gasteiger partial charge is 0.381 e. The fraction of sp³-hybridized carbons (Fsp3) is 0.882. The average Bonchev–Trinajstić information content (AvgIpc) is 2.42. The Morgan fingerprint density at radius 3 is 2.39 bits per heavy atom. The van der Waals surface area contributed by atoms with Crippen LogP contribution in [0.1, 0.15) is 77.6 Å². The van der Waals surface area contributed by atoms with Gasteiger partial charge in [-0.1, -0.05) is 57.1 Å². The molecule has 0 aromatic heterocycles. The van der Waals surface area contributed by atoms with Crippen LogP contribution in [-0.2, 0) is 4.74 Å². The van der Waals surface area contributed by atoms with E-state index in [4.69, 9.17) is 4.74 Å². The third-order valence-electron chi connectivity index (χ3n) is 4.02. The molecule has 0 heterocycles. The summed E-state index contributed by atoms with van der Waals surface area (Å²) in [5.74, 6) is 1.04. The van der Waals surface area contributed by atoms with Gasteiger partial charge in [-0.15, -0.1) is 0 Å². The highest BCUT2D eigenvalue weighted by Gasteiger charge is 2.12. The first-order chi connectivity index (χ1) is 8.93. The van der Waals surface area contributed by atoms with E-state index in [0.717, 1.165) is 19.1 Å². The van der Waals surface area contributed by atoms with Crippen LogP contribution in [0.2, 0.25) is 0 Å². The second-order valence-corrected chi connectivity index (χ2v) is 5.68. The first-order valence-corrected chi connectivity index (χ1v) is 8.12. The predicted molar refractivity (Wildman–Crippen MR) is 79.9 cm³/mol. The summed E-state index contributed by atoms with van der Waals surface area (Å²) in [7, 11) is 0. The van der Waals surface area contributed by atoms with E-state index < -0.39 is 0 Å². The van der Waals surface area contributed by atoms with E-state index >= 15 is 0 Å². The Morgan fingerprint density at radius 1 is 0.944 bits per heavy atom. The topological polar surface area (TPSA) is 9.23 Å². The molecule has 0 aromatic rings. The number of hydrogen-bond acceptors (Lipinski definition) is 1. The van der Waals surface area contributed by atoms with Gasteiger partial charge in [-0.2, -0.15) is 0 Å². The minimum absolute atomic E-state index is 0.959. The van der Waals surface area contributed by atoms with E-state index in [1.165, 1.54) is 70.6 Å². The molecule has 1 rings (SSSR count). The van der Waals surface area contributed by atoms with Gasteiger partial charge in [0, 0.05) is 13.2 Å². The molecule has 0 aliphatic heterocycles. The quantitative estimate of drug-likeness (QED) is 0.368. The zero-order valence-electron chi connectivity index (χ0n) is 12.3. The Balaban J connectivity index is 1.75. The molecule has 1 aliphatic rings. The standard InChI is InChI=1S/C17H32O/c1-2-3-4-5-10-15-18-16-11-9-14-17-12-7-6-8-13-17/h2-3,17H,4-16H2,1H3. The van der Waals surface area contributed by atoms with Gasteiger partial charge >= 0.3 is 0 Å². The summed E-state index contributed by atoms with van der Waals surface area (Å²) >= 11 is 0. The van der Waals surface area contributed by atoms with Gasteiger partial charge in [-0.05, 0) is 38.5 Å². The maximum Gasteiger partial charge on any atom is 0.0466 e. The first-order valence-electron chi connectivity index (χ1n) is 8.12. The number of rotatable bonds is 10. The summed E-state index contributed by atoms with van der Waals surface area (Å²) in [6.07, 6.45) is 19.6. The first kappa shape index (κ1) is 15.8. The van der Waals surface area contributed by atoms with Crippen LogP contribution in [0.3, 0.4) is 0 Å². The second kappa shape index (κ2) is 11.8. The number of hydrogen-bond donors (Lipinski definition) is 0. The monoisotopic (exact) mass is 252 g/mol. The van der Waals surface area contributed by atoms with Crippen molar-refractivity contribution in [2.75, 3.05) is 13.2 Å². The van der Waals surface area contributed by atoms with Crippen molar-refractivity contribution >= 4 is 0 Å². The summed E-state index contributed by atoms with van der Waals surface area (Å²) in [4.78, 5) is 0. The van der Waals surface area contributed by atoms with E-state index in [-0.39, 0.29) is 0 Å². The van der Waals surface area contributed by atoms with Gasteiger partial charge in [0.2, 0.25) is 0 Å². The molecule has 0 unspecified atom stereocenters. The fourth-order valence-corrected chi connectivity index (χ4v) is 2.85. The Bertz CT molecular complexity index is 192. The molecule has 0 bridgehead atoms. The summed E-state index contributed by atoms with van der Waals surface area (Å²) in [5, 5.41) is 0. The minimum atomic E-state index is 0.959. The Kier molecular flexibility index (Phi) is 10.3. The van der Waals surface area contributed by atoms with Crippen LogP contribution in [-0.4, -0.2) is 13.2 Å². The molecule has 0 N–H and O–H groups in total. The number of ether oxygens (including phenoxy) is 1. The molecule has 0 radical (unpaired) electrons. The summed E-state index contributed by atoms with van der Waals surface area (Å²) < 4.78 is 5.68. The molecule has 0 amide bonds. The highest BCUT2D eigenvalue weighted by atomic mass is 16.5. The number of unbranched alkanes of at least 4 members (excludes halogenated alkanes) is 3. The van der Waals surface area contributed by atoms with Crippen LogP contribution in [0.25, 0.3) is 0 Å². The Labute approximate surface area is 114 Å². The zero-order valence-corrected chi connectivity index (χ0v) is 12.3. The molecule has 0 aromatic carbocycles. The van der Waals surface area contributed by atoms with Crippen LogP contribution in [0.4, 0.5) is 0 Å². The Hall–Kier alpha value is -0.300.